The molecule has 2 bridgehead atoms. The largest absolute Gasteiger partial charge is 0.497 e. The van der Waals surface area contributed by atoms with E-state index in [-0.39, 0.29) is 17.3 Å². The second-order valence-corrected chi connectivity index (χ2v) is 10.0. The van der Waals surface area contributed by atoms with Gasteiger partial charge in [0.2, 0.25) is 11.8 Å². The highest BCUT2D eigenvalue weighted by atomic mass is 16.5. The number of rotatable bonds is 5. The topological polar surface area (TPSA) is 68.5 Å². The van der Waals surface area contributed by atoms with Gasteiger partial charge < -0.3 is 14.2 Å². The van der Waals surface area contributed by atoms with Crippen LogP contribution >= 0.6 is 0 Å². The Morgan fingerprint density at radius 3 is 2.55 bits per heavy atom. The van der Waals surface area contributed by atoms with Gasteiger partial charge in [0.25, 0.3) is 0 Å². The van der Waals surface area contributed by atoms with Gasteiger partial charge in [-0.05, 0) is 80.9 Å². The summed E-state index contributed by atoms with van der Waals surface area (Å²) in [5.41, 5.74) is 1.08. The summed E-state index contributed by atoms with van der Waals surface area (Å²) in [6.45, 7) is 1.82. The van der Waals surface area contributed by atoms with E-state index in [1.54, 1.807) is 7.11 Å². The molecule has 2 heterocycles. The standard InChI is InChI=1S/C25H31N3O3/c1-30-19-9-7-18(8-10-19)25(11-12-25)24-26-22(31-27-24)20-16-5-6-17(15-16)21(20)23(29)28-13-3-2-4-14-28/h7-10,16-17,20-21H,2-6,11-15H2,1H3/t16-,17+,20+,21+/m1/s1. The van der Waals surface area contributed by atoms with Crippen LogP contribution in [0.15, 0.2) is 28.8 Å². The van der Waals surface area contributed by atoms with Crippen LogP contribution in [0.2, 0.25) is 0 Å². The van der Waals surface area contributed by atoms with E-state index in [0.717, 1.165) is 56.8 Å². The van der Waals surface area contributed by atoms with Gasteiger partial charge in [-0.2, -0.15) is 4.98 Å². The first-order valence-corrected chi connectivity index (χ1v) is 12.0. The van der Waals surface area contributed by atoms with Crippen molar-refractivity contribution in [1.82, 2.24) is 15.0 Å². The van der Waals surface area contributed by atoms with Gasteiger partial charge in [-0.15, -0.1) is 0 Å². The number of hydrogen-bond acceptors (Lipinski definition) is 5. The number of fused-ring (bicyclic) bond motifs is 2. The van der Waals surface area contributed by atoms with Crippen molar-refractivity contribution in [2.45, 2.75) is 62.7 Å². The number of carbonyl (C=O) groups is 1. The maximum atomic E-state index is 13.5. The van der Waals surface area contributed by atoms with E-state index in [1.807, 2.05) is 12.1 Å². The van der Waals surface area contributed by atoms with Gasteiger partial charge in [0, 0.05) is 13.1 Å². The average molecular weight is 422 g/mol. The second kappa shape index (κ2) is 7.35. The molecule has 1 saturated heterocycles. The van der Waals surface area contributed by atoms with Crippen molar-refractivity contribution in [3.05, 3.63) is 41.5 Å². The van der Waals surface area contributed by atoms with Crippen LogP contribution < -0.4 is 4.74 Å². The van der Waals surface area contributed by atoms with E-state index in [2.05, 4.69) is 22.2 Å². The third-order valence-corrected chi connectivity index (χ3v) is 8.42. The second-order valence-electron chi connectivity index (χ2n) is 10.0. The summed E-state index contributed by atoms with van der Waals surface area (Å²) in [5, 5.41) is 4.46. The number of amides is 1. The quantitative estimate of drug-likeness (QED) is 0.720. The van der Waals surface area contributed by atoms with Gasteiger partial charge in [0.15, 0.2) is 5.82 Å². The Balaban J connectivity index is 1.28. The first kappa shape index (κ1) is 19.3. The number of hydrogen-bond donors (Lipinski definition) is 0. The molecule has 1 aromatic heterocycles. The Labute approximate surface area is 183 Å². The third kappa shape index (κ3) is 3.09. The molecule has 4 atom stereocenters. The van der Waals surface area contributed by atoms with Gasteiger partial charge in [-0.1, -0.05) is 17.3 Å². The SMILES string of the molecule is COc1ccc(C2(c3noc([C@H]4[C@@H]5CC[C@@H](C5)[C@@H]4C(=O)N4CCCCC4)n3)CC2)cc1. The number of ether oxygens (including phenoxy) is 1. The molecule has 6 rings (SSSR count). The summed E-state index contributed by atoms with van der Waals surface area (Å²) >= 11 is 0. The number of nitrogens with zero attached hydrogens (tertiary/aromatic N) is 3. The molecule has 164 valence electrons. The van der Waals surface area contributed by atoms with Crippen molar-refractivity contribution >= 4 is 5.91 Å². The lowest BCUT2D eigenvalue weighted by Crippen LogP contribution is -2.43. The summed E-state index contributed by atoms with van der Waals surface area (Å²) in [5.74, 6) is 3.81. The zero-order valence-corrected chi connectivity index (χ0v) is 18.3. The minimum absolute atomic E-state index is 0.0290. The van der Waals surface area contributed by atoms with Crippen molar-refractivity contribution in [2.75, 3.05) is 20.2 Å². The minimum Gasteiger partial charge on any atom is -0.497 e. The molecule has 0 N–H and O–H groups in total. The fourth-order valence-electron chi connectivity index (χ4n) is 6.57. The van der Waals surface area contributed by atoms with Crippen LogP contribution in [0.1, 0.15) is 74.6 Å². The van der Waals surface area contributed by atoms with E-state index < -0.39 is 0 Å². The zero-order valence-electron chi connectivity index (χ0n) is 18.3. The van der Waals surface area contributed by atoms with E-state index in [9.17, 15) is 4.79 Å². The third-order valence-electron chi connectivity index (χ3n) is 8.42. The van der Waals surface area contributed by atoms with Gasteiger partial charge in [-0.3, -0.25) is 4.79 Å². The molecule has 0 unspecified atom stereocenters. The molecule has 1 aromatic carbocycles. The zero-order chi connectivity index (χ0) is 21.0. The van der Waals surface area contributed by atoms with Gasteiger partial charge in [0.05, 0.1) is 24.4 Å². The van der Waals surface area contributed by atoms with Crippen molar-refractivity contribution in [3.8, 4) is 5.75 Å². The summed E-state index contributed by atoms with van der Waals surface area (Å²) in [6, 6.07) is 8.23. The fraction of sp³-hybridized carbons (Fsp3) is 0.640. The lowest BCUT2D eigenvalue weighted by atomic mass is 9.78. The number of methoxy groups -OCH3 is 1. The molecular formula is C25H31N3O3. The maximum Gasteiger partial charge on any atom is 0.230 e. The number of carbonyl (C=O) groups excluding carboxylic acids is 1. The van der Waals surface area contributed by atoms with Crippen LogP contribution in [0.3, 0.4) is 0 Å². The molecule has 31 heavy (non-hydrogen) atoms. The average Bonchev–Trinajstić information content (AvgIpc) is 3.17. The molecule has 4 fully saturated rings. The highest BCUT2D eigenvalue weighted by Crippen LogP contribution is 2.58. The van der Waals surface area contributed by atoms with Gasteiger partial charge in [0.1, 0.15) is 5.75 Å². The molecule has 3 aliphatic carbocycles. The molecule has 1 aliphatic heterocycles. The molecule has 6 heteroatoms. The van der Waals surface area contributed by atoms with Gasteiger partial charge in [-0.25, -0.2) is 0 Å². The fourth-order valence-corrected chi connectivity index (χ4v) is 6.57. The monoisotopic (exact) mass is 421 g/mol. The van der Waals surface area contributed by atoms with Crippen LogP contribution in [0.25, 0.3) is 0 Å². The number of aromatic nitrogens is 2. The molecule has 6 nitrogen and oxygen atoms in total. The Morgan fingerprint density at radius 1 is 1.10 bits per heavy atom. The lowest BCUT2D eigenvalue weighted by Gasteiger charge is -2.34. The Bertz CT molecular complexity index is 959. The predicted octanol–water partition coefficient (Wildman–Crippen LogP) is 4.30. The molecule has 0 spiro atoms. The van der Waals surface area contributed by atoms with Crippen LogP contribution in [-0.2, 0) is 10.2 Å². The number of benzene rings is 1. The van der Waals surface area contributed by atoms with Crippen molar-refractivity contribution < 1.29 is 14.1 Å². The summed E-state index contributed by atoms with van der Waals surface area (Å²) < 4.78 is 11.2. The Kier molecular flexibility index (Phi) is 4.58. The normalized spacial score (nSPS) is 31.1. The van der Waals surface area contributed by atoms with Crippen LogP contribution in [0.5, 0.6) is 5.75 Å². The maximum absolute atomic E-state index is 13.5. The van der Waals surface area contributed by atoms with Gasteiger partial charge >= 0.3 is 0 Å². The van der Waals surface area contributed by atoms with Crippen LogP contribution in [0.4, 0.5) is 0 Å². The van der Waals surface area contributed by atoms with Crippen molar-refractivity contribution in [2.24, 2.45) is 17.8 Å². The Hall–Kier alpha value is -2.37. The van der Waals surface area contributed by atoms with Crippen LogP contribution in [0, 0.1) is 17.8 Å². The predicted molar refractivity (Wildman–Crippen MR) is 115 cm³/mol. The molecule has 1 amide bonds. The summed E-state index contributed by atoms with van der Waals surface area (Å²) in [7, 11) is 1.68. The molecule has 3 saturated carbocycles. The molecule has 0 radical (unpaired) electrons. The van der Waals surface area contributed by atoms with E-state index >= 15 is 0 Å². The van der Waals surface area contributed by atoms with Crippen molar-refractivity contribution in [3.63, 3.8) is 0 Å². The molecule has 2 aromatic rings. The van der Waals surface area contributed by atoms with E-state index in [0.29, 0.717) is 23.6 Å². The van der Waals surface area contributed by atoms with Crippen molar-refractivity contribution in [1.29, 1.82) is 0 Å². The van der Waals surface area contributed by atoms with E-state index in [4.69, 9.17) is 14.2 Å². The molecular weight excluding hydrogens is 390 g/mol. The first-order valence-electron chi connectivity index (χ1n) is 12.0. The summed E-state index contributed by atoms with van der Waals surface area (Å²) in [4.78, 5) is 20.6. The lowest BCUT2D eigenvalue weighted by molar-refractivity contribution is -0.139. The minimum atomic E-state index is -0.141. The first-order chi connectivity index (χ1) is 15.2. The molecule has 4 aliphatic rings. The van der Waals surface area contributed by atoms with Crippen LogP contribution in [-0.4, -0.2) is 41.1 Å². The summed E-state index contributed by atoms with van der Waals surface area (Å²) in [6.07, 6.45) is 9.05. The number of likely N-dealkylation sites (tertiary alicyclic amines) is 1. The van der Waals surface area contributed by atoms with E-state index in [1.165, 1.54) is 24.8 Å². The number of piperidine rings is 1. The highest BCUT2D eigenvalue weighted by molar-refractivity contribution is 5.81. The Morgan fingerprint density at radius 2 is 1.84 bits per heavy atom. The smallest absolute Gasteiger partial charge is 0.230 e. The highest BCUT2D eigenvalue weighted by Gasteiger charge is 2.56.